The number of carbonyl (C=O) groups excluding carboxylic acids is 2. The van der Waals surface area contributed by atoms with Crippen LogP contribution in [-0.4, -0.2) is 48.7 Å². The van der Waals surface area contributed by atoms with E-state index in [1.54, 1.807) is 4.90 Å². The molecule has 126 valence electrons. The average molecular weight is 381 g/mol. The minimum atomic E-state index is -0.787. The quantitative estimate of drug-likeness (QED) is 0.595. The fraction of sp³-hybridized carbons (Fsp3) is 0.467. The lowest BCUT2D eigenvalue weighted by atomic mass is 10.2. The van der Waals surface area contributed by atoms with Crippen molar-refractivity contribution in [3.05, 3.63) is 32.8 Å². The number of hydrogen-bond acceptors (Lipinski definition) is 4. The van der Waals surface area contributed by atoms with E-state index in [-0.39, 0.29) is 38.7 Å². The van der Waals surface area contributed by atoms with Crippen molar-refractivity contribution in [2.45, 2.75) is 26.1 Å². The summed E-state index contributed by atoms with van der Waals surface area (Å²) < 4.78 is 10.6. The van der Waals surface area contributed by atoms with E-state index in [1.807, 2.05) is 13.8 Å². The largest absolute Gasteiger partial charge is 0.452 e. The summed E-state index contributed by atoms with van der Waals surface area (Å²) in [7, 11) is 0. The molecule has 1 aromatic carbocycles. The Hall–Kier alpha value is -1.01. The second kappa shape index (κ2) is 7.71. The van der Waals surface area contributed by atoms with Gasteiger partial charge in [-0.2, -0.15) is 0 Å². The van der Waals surface area contributed by atoms with E-state index >= 15 is 0 Å². The molecule has 2 unspecified atom stereocenters. The zero-order chi connectivity index (χ0) is 17.1. The minimum absolute atomic E-state index is 0.00484. The predicted molar refractivity (Wildman–Crippen MR) is 88.3 cm³/mol. The normalized spacial score (nSPS) is 21.2. The van der Waals surface area contributed by atoms with Crippen LogP contribution in [0.5, 0.6) is 0 Å². The van der Waals surface area contributed by atoms with E-state index < -0.39 is 12.6 Å². The number of benzene rings is 1. The van der Waals surface area contributed by atoms with Gasteiger partial charge >= 0.3 is 5.97 Å². The predicted octanol–water partition coefficient (Wildman–Crippen LogP) is 3.44. The van der Waals surface area contributed by atoms with E-state index in [0.717, 1.165) is 0 Å². The topological polar surface area (TPSA) is 55.8 Å². The Morgan fingerprint density at radius 2 is 1.74 bits per heavy atom. The van der Waals surface area contributed by atoms with Crippen LogP contribution in [0.25, 0.3) is 0 Å². The molecule has 0 aliphatic carbocycles. The zero-order valence-corrected chi connectivity index (χ0v) is 14.9. The molecule has 1 fully saturated rings. The van der Waals surface area contributed by atoms with Gasteiger partial charge in [-0.25, -0.2) is 4.79 Å². The second-order valence-corrected chi connectivity index (χ2v) is 6.54. The number of halogens is 3. The van der Waals surface area contributed by atoms with Crippen LogP contribution in [0.15, 0.2) is 12.1 Å². The maximum Gasteiger partial charge on any atom is 0.341 e. The molecule has 0 N–H and O–H groups in total. The number of esters is 1. The van der Waals surface area contributed by atoms with Gasteiger partial charge in [-0.15, -0.1) is 0 Å². The third-order valence-electron chi connectivity index (χ3n) is 3.35. The highest BCUT2D eigenvalue weighted by Crippen LogP contribution is 2.31. The number of carbonyl (C=O) groups is 2. The summed E-state index contributed by atoms with van der Waals surface area (Å²) in [5, 5.41) is 0.306. The highest BCUT2D eigenvalue weighted by molar-refractivity contribution is 6.46. The van der Waals surface area contributed by atoms with E-state index in [9.17, 15) is 9.59 Å². The van der Waals surface area contributed by atoms with Crippen molar-refractivity contribution in [1.29, 1.82) is 0 Å². The Kier molecular flexibility index (Phi) is 6.14. The monoisotopic (exact) mass is 379 g/mol. The number of morpholine rings is 1. The summed E-state index contributed by atoms with van der Waals surface area (Å²) >= 11 is 17.8. The maximum absolute atomic E-state index is 12.2. The third kappa shape index (κ3) is 4.51. The minimum Gasteiger partial charge on any atom is -0.452 e. The van der Waals surface area contributed by atoms with Gasteiger partial charge in [-0.3, -0.25) is 4.79 Å². The summed E-state index contributed by atoms with van der Waals surface area (Å²) in [6.07, 6.45) is -0.120. The van der Waals surface area contributed by atoms with Crippen LogP contribution in [0.4, 0.5) is 0 Å². The van der Waals surface area contributed by atoms with Gasteiger partial charge < -0.3 is 14.4 Å². The molecule has 1 aromatic rings. The van der Waals surface area contributed by atoms with Gasteiger partial charge in [0.05, 0.1) is 32.8 Å². The number of rotatable bonds is 3. The Morgan fingerprint density at radius 1 is 1.17 bits per heavy atom. The molecule has 23 heavy (non-hydrogen) atoms. The molecule has 1 heterocycles. The Bertz CT molecular complexity index is 613. The first-order valence-electron chi connectivity index (χ1n) is 7.03. The lowest BCUT2D eigenvalue weighted by Crippen LogP contribution is -2.49. The SMILES string of the molecule is CC1CN(C(=O)COC(=O)c2c(Cl)ccc(Cl)c2Cl)CC(C)O1. The Morgan fingerprint density at radius 3 is 2.35 bits per heavy atom. The highest BCUT2D eigenvalue weighted by Gasteiger charge is 2.27. The van der Waals surface area contributed by atoms with Crippen molar-refractivity contribution in [3.8, 4) is 0 Å². The van der Waals surface area contributed by atoms with Crippen LogP contribution in [0.3, 0.4) is 0 Å². The Labute approximate surface area is 149 Å². The van der Waals surface area contributed by atoms with Crippen LogP contribution < -0.4 is 0 Å². The highest BCUT2D eigenvalue weighted by atomic mass is 35.5. The molecule has 0 saturated carbocycles. The smallest absolute Gasteiger partial charge is 0.341 e. The first-order valence-corrected chi connectivity index (χ1v) is 8.16. The molecule has 8 heteroatoms. The van der Waals surface area contributed by atoms with Crippen LogP contribution in [-0.2, 0) is 14.3 Å². The molecule has 1 aliphatic heterocycles. The standard InChI is InChI=1S/C15H16Cl3NO4/c1-8-5-19(6-9(2)23-8)12(20)7-22-15(21)13-10(16)3-4-11(17)14(13)18/h3-4,8-9H,5-7H2,1-2H3. The van der Waals surface area contributed by atoms with Crippen molar-refractivity contribution in [2.24, 2.45) is 0 Å². The first-order chi connectivity index (χ1) is 10.8. The fourth-order valence-electron chi connectivity index (χ4n) is 2.39. The first kappa shape index (κ1) is 18.3. The van der Waals surface area contributed by atoms with E-state index in [1.165, 1.54) is 12.1 Å². The lowest BCUT2D eigenvalue weighted by Gasteiger charge is -2.35. The molecule has 0 spiro atoms. The molecule has 0 bridgehead atoms. The van der Waals surface area contributed by atoms with Crippen molar-refractivity contribution >= 4 is 46.7 Å². The van der Waals surface area contributed by atoms with E-state index in [2.05, 4.69) is 0 Å². The van der Waals surface area contributed by atoms with Gasteiger partial charge in [0, 0.05) is 13.1 Å². The van der Waals surface area contributed by atoms with Gasteiger partial charge in [-0.1, -0.05) is 34.8 Å². The summed E-state index contributed by atoms with van der Waals surface area (Å²) in [5.41, 5.74) is -0.0441. The zero-order valence-electron chi connectivity index (χ0n) is 12.6. The molecule has 2 rings (SSSR count). The molecular weight excluding hydrogens is 365 g/mol. The molecule has 5 nitrogen and oxygen atoms in total. The Balaban J connectivity index is 1.99. The lowest BCUT2D eigenvalue weighted by molar-refractivity contribution is -0.146. The van der Waals surface area contributed by atoms with Crippen LogP contribution in [0, 0.1) is 0 Å². The fourth-order valence-corrected chi connectivity index (χ4v) is 3.07. The van der Waals surface area contributed by atoms with E-state index in [0.29, 0.717) is 13.1 Å². The number of ether oxygens (including phenoxy) is 2. The van der Waals surface area contributed by atoms with Gasteiger partial charge in [0.25, 0.3) is 5.91 Å². The molecular formula is C15H16Cl3NO4. The number of amides is 1. The van der Waals surface area contributed by atoms with Crippen molar-refractivity contribution in [1.82, 2.24) is 4.90 Å². The van der Waals surface area contributed by atoms with Crippen molar-refractivity contribution in [3.63, 3.8) is 0 Å². The molecule has 2 atom stereocenters. The number of hydrogen-bond donors (Lipinski definition) is 0. The number of nitrogens with zero attached hydrogens (tertiary/aromatic N) is 1. The van der Waals surface area contributed by atoms with Crippen molar-refractivity contribution in [2.75, 3.05) is 19.7 Å². The van der Waals surface area contributed by atoms with Crippen LogP contribution in [0.2, 0.25) is 15.1 Å². The molecule has 1 amide bonds. The summed E-state index contributed by atoms with van der Waals surface area (Å²) in [4.78, 5) is 25.9. The summed E-state index contributed by atoms with van der Waals surface area (Å²) in [5.74, 6) is -1.08. The second-order valence-electron chi connectivity index (χ2n) is 5.35. The van der Waals surface area contributed by atoms with Gasteiger partial charge in [0.15, 0.2) is 6.61 Å². The molecule has 0 radical (unpaired) electrons. The van der Waals surface area contributed by atoms with Gasteiger partial charge in [0.1, 0.15) is 0 Å². The van der Waals surface area contributed by atoms with Crippen LogP contribution in [0.1, 0.15) is 24.2 Å². The molecule has 1 saturated heterocycles. The maximum atomic E-state index is 12.2. The van der Waals surface area contributed by atoms with E-state index in [4.69, 9.17) is 44.3 Å². The van der Waals surface area contributed by atoms with Crippen molar-refractivity contribution < 1.29 is 19.1 Å². The average Bonchev–Trinajstić information content (AvgIpc) is 2.48. The van der Waals surface area contributed by atoms with Gasteiger partial charge in [-0.05, 0) is 26.0 Å². The third-order valence-corrected chi connectivity index (χ3v) is 4.47. The van der Waals surface area contributed by atoms with Crippen LogP contribution >= 0.6 is 34.8 Å². The van der Waals surface area contributed by atoms with Gasteiger partial charge in [0.2, 0.25) is 0 Å². The summed E-state index contributed by atoms with van der Waals surface area (Å²) in [6, 6.07) is 2.92. The molecule has 0 aromatic heterocycles. The summed E-state index contributed by atoms with van der Waals surface area (Å²) in [6.45, 7) is 4.29. The molecule has 1 aliphatic rings.